The summed E-state index contributed by atoms with van der Waals surface area (Å²) in [5, 5.41) is 22.4. The molecule has 1 atom stereocenters. The second-order valence-corrected chi connectivity index (χ2v) is 10.1. The zero-order valence-corrected chi connectivity index (χ0v) is 18.3. The monoisotopic (exact) mass is 454 g/mol. The number of sulfone groups is 1. The topological polar surface area (TPSA) is 132 Å². The average Bonchev–Trinajstić information content (AvgIpc) is 3.46. The van der Waals surface area contributed by atoms with Crippen LogP contribution in [0.3, 0.4) is 0 Å². The van der Waals surface area contributed by atoms with E-state index in [0.29, 0.717) is 0 Å². The number of amides is 1. The third-order valence-corrected chi connectivity index (χ3v) is 7.72. The van der Waals surface area contributed by atoms with Gasteiger partial charge in [0.05, 0.1) is 29.8 Å². The summed E-state index contributed by atoms with van der Waals surface area (Å²) in [5.41, 5.74) is 5.14. The van der Waals surface area contributed by atoms with Crippen LogP contribution in [-0.4, -0.2) is 55.3 Å². The molecule has 0 saturated heterocycles. The molecule has 0 saturated carbocycles. The van der Waals surface area contributed by atoms with Gasteiger partial charge in [-0.1, -0.05) is 18.2 Å². The van der Waals surface area contributed by atoms with Gasteiger partial charge in [0.15, 0.2) is 14.6 Å². The summed E-state index contributed by atoms with van der Waals surface area (Å²) in [4.78, 5) is 13.6. The molecule has 2 heterocycles. The molecule has 0 aliphatic carbocycles. The van der Waals surface area contributed by atoms with Gasteiger partial charge < -0.3 is 0 Å². The smallest absolute Gasteiger partial charge is 0.264 e. The van der Waals surface area contributed by atoms with Gasteiger partial charge in [0, 0.05) is 18.2 Å². The number of carbonyl (C=O) groups is 1. The highest BCUT2D eigenvalue weighted by atomic mass is 32.2. The van der Waals surface area contributed by atoms with E-state index >= 15 is 0 Å². The highest BCUT2D eigenvalue weighted by Crippen LogP contribution is 2.27. The maximum atomic E-state index is 12.2. The van der Waals surface area contributed by atoms with E-state index < -0.39 is 20.5 Å². The fourth-order valence-electron chi connectivity index (χ4n) is 3.49. The van der Waals surface area contributed by atoms with E-state index in [1.165, 1.54) is 12.4 Å². The summed E-state index contributed by atoms with van der Waals surface area (Å²) in [6.07, 6.45) is 5.87. The van der Waals surface area contributed by atoms with Gasteiger partial charge in [0.2, 0.25) is 0 Å². The van der Waals surface area contributed by atoms with Gasteiger partial charge in [-0.05, 0) is 48.7 Å². The molecule has 0 bridgehead atoms. The predicted molar refractivity (Wildman–Crippen MR) is 118 cm³/mol. The minimum atomic E-state index is -3.77. The van der Waals surface area contributed by atoms with Crippen LogP contribution in [0.25, 0.3) is 27.7 Å². The Kier molecular flexibility index (Phi) is 5.53. The molecule has 11 heteroatoms. The molecule has 166 valence electrons. The summed E-state index contributed by atoms with van der Waals surface area (Å²) in [7, 11) is -3.77. The first-order chi connectivity index (χ1) is 15.2. The van der Waals surface area contributed by atoms with Crippen molar-refractivity contribution < 1.29 is 18.4 Å². The molecule has 32 heavy (non-hydrogen) atoms. The number of aromatic nitrogens is 5. The van der Waals surface area contributed by atoms with Crippen LogP contribution in [0.5, 0.6) is 0 Å². The van der Waals surface area contributed by atoms with Crippen molar-refractivity contribution in [2.75, 3.05) is 6.26 Å². The van der Waals surface area contributed by atoms with Gasteiger partial charge in [-0.2, -0.15) is 20.1 Å². The van der Waals surface area contributed by atoms with Gasteiger partial charge >= 0.3 is 0 Å². The molecule has 0 aliphatic heterocycles. The Bertz CT molecular complexity index is 1360. The average molecular weight is 455 g/mol. The van der Waals surface area contributed by atoms with Crippen LogP contribution in [0.4, 0.5) is 0 Å². The van der Waals surface area contributed by atoms with Crippen molar-refractivity contribution >= 4 is 26.6 Å². The first-order valence-corrected chi connectivity index (χ1v) is 11.7. The normalized spacial score (nSPS) is 13.7. The van der Waals surface area contributed by atoms with Crippen LogP contribution in [0, 0.1) is 0 Å². The van der Waals surface area contributed by atoms with Gasteiger partial charge in [0.1, 0.15) is 0 Å². The first-order valence-electron chi connectivity index (χ1n) is 9.80. The third kappa shape index (κ3) is 3.87. The standard InChI is InChI=1S/C21H22N6O4S/c1-21(20(28)25-29,32(2,30)31)9-12-26-19-8-5-16(13-17(19)14-24-26)15-3-6-18(7-4-15)27-22-10-11-23-27/h3-8,10-11,13-14,29H,9,12H2,1-2H3,(H,25,28)/t21-/m1/s1. The van der Waals surface area contributed by atoms with Gasteiger partial charge in [-0.25, -0.2) is 13.9 Å². The second-order valence-electron chi connectivity index (χ2n) is 7.70. The molecule has 4 aromatic rings. The second kappa shape index (κ2) is 8.17. The summed E-state index contributed by atoms with van der Waals surface area (Å²) >= 11 is 0. The van der Waals surface area contributed by atoms with E-state index in [9.17, 15) is 13.2 Å². The minimum Gasteiger partial charge on any atom is -0.289 e. The van der Waals surface area contributed by atoms with E-state index in [1.807, 2.05) is 42.5 Å². The van der Waals surface area contributed by atoms with Crippen LogP contribution in [0.1, 0.15) is 13.3 Å². The maximum absolute atomic E-state index is 12.2. The molecule has 1 amide bonds. The Morgan fingerprint density at radius 3 is 2.34 bits per heavy atom. The lowest BCUT2D eigenvalue weighted by molar-refractivity contribution is -0.131. The van der Waals surface area contributed by atoms with Crippen LogP contribution in [-0.2, 0) is 21.2 Å². The van der Waals surface area contributed by atoms with E-state index in [0.717, 1.165) is 34.0 Å². The van der Waals surface area contributed by atoms with E-state index in [-0.39, 0.29) is 13.0 Å². The van der Waals surface area contributed by atoms with Crippen molar-refractivity contribution in [3.8, 4) is 16.8 Å². The molecule has 0 fully saturated rings. The van der Waals surface area contributed by atoms with Crippen LogP contribution < -0.4 is 5.48 Å². The van der Waals surface area contributed by atoms with Crippen LogP contribution >= 0.6 is 0 Å². The fraction of sp³-hybridized carbons (Fsp3) is 0.238. The molecule has 2 aromatic heterocycles. The Morgan fingerprint density at radius 1 is 1.06 bits per heavy atom. The SMILES string of the molecule is C[C@@](CCn1ncc2cc(-c3ccc(-n4nccn4)cc3)ccc21)(C(=O)NO)S(C)(=O)=O. The summed E-state index contributed by atoms with van der Waals surface area (Å²) in [6.45, 7) is 1.48. The number of nitrogens with one attached hydrogen (secondary N) is 1. The first kappa shape index (κ1) is 21.7. The van der Waals surface area contributed by atoms with Crippen molar-refractivity contribution in [2.45, 2.75) is 24.6 Å². The van der Waals surface area contributed by atoms with Gasteiger partial charge in [0.25, 0.3) is 5.91 Å². The summed E-state index contributed by atoms with van der Waals surface area (Å²) in [6, 6.07) is 13.7. The lowest BCUT2D eigenvalue weighted by atomic mass is 10.0. The summed E-state index contributed by atoms with van der Waals surface area (Å²) in [5.74, 6) is -0.965. The molecular formula is C21H22N6O4S. The third-order valence-electron chi connectivity index (χ3n) is 5.69. The highest BCUT2D eigenvalue weighted by molar-refractivity contribution is 7.92. The molecule has 2 N–H and O–H groups in total. The maximum Gasteiger partial charge on any atom is 0.264 e. The molecule has 2 aromatic carbocycles. The quantitative estimate of drug-likeness (QED) is 0.322. The van der Waals surface area contributed by atoms with Crippen molar-refractivity contribution in [1.29, 1.82) is 0 Å². The Balaban J connectivity index is 1.57. The van der Waals surface area contributed by atoms with E-state index in [1.54, 1.807) is 28.1 Å². The minimum absolute atomic E-state index is 0.0420. The molecule has 0 spiro atoms. The molecule has 4 rings (SSSR count). The zero-order chi connectivity index (χ0) is 22.9. The van der Waals surface area contributed by atoms with E-state index in [4.69, 9.17) is 5.21 Å². The Labute approximate surface area is 184 Å². The lowest BCUT2D eigenvalue weighted by Crippen LogP contribution is -2.49. The largest absolute Gasteiger partial charge is 0.289 e. The number of hydroxylamine groups is 1. The molecule has 10 nitrogen and oxygen atoms in total. The number of nitrogens with zero attached hydrogens (tertiary/aromatic N) is 5. The Morgan fingerprint density at radius 2 is 1.72 bits per heavy atom. The molecule has 0 aliphatic rings. The van der Waals surface area contributed by atoms with Gasteiger partial charge in [-0.3, -0.25) is 14.7 Å². The van der Waals surface area contributed by atoms with Crippen LogP contribution in [0.2, 0.25) is 0 Å². The molecule has 0 radical (unpaired) electrons. The van der Waals surface area contributed by atoms with Crippen molar-refractivity contribution in [2.24, 2.45) is 0 Å². The van der Waals surface area contributed by atoms with Crippen molar-refractivity contribution in [3.05, 3.63) is 61.1 Å². The van der Waals surface area contributed by atoms with E-state index in [2.05, 4.69) is 15.3 Å². The predicted octanol–water partition coefficient (Wildman–Crippen LogP) is 1.98. The number of benzene rings is 2. The number of aryl methyl sites for hydroxylation is 1. The molecule has 0 unspecified atom stereocenters. The lowest BCUT2D eigenvalue weighted by Gasteiger charge is -2.25. The number of rotatable bonds is 7. The van der Waals surface area contributed by atoms with Gasteiger partial charge in [-0.15, -0.1) is 0 Å². The number of hydrogen-bond acceptors (Lipinski definition) is 7. The fourth-order valence-corrected chi connectivity index (χ4v) is 4.33. The summed E-state index contributed by atoms with van der Waals surface area (Å²) < 4.78 is 24.2. The van der Waals surface area contributed by atoms with Crippen molar-refractivity contribution in [1.82, 2.24) is 30.3 Å². The number of hydrogen-bond donors (Lipinski definition) is 2. The highest BCUT2D eigenvalue weighted by Gasteiger charge is 2.43. The number of fused-ring (bicyclic) bond motifs is 1. The Hall–Kier alpha value is -3.57. The van der Waals surface area contributed by atoms with Crippen LogP contribution in [0.15, 0.2) is 61.1 Å². The zero-order valence-electron chi connectivity index (χ0n) is 17.5. The van der Waals surface area contributed by atoms with Crippen molar-refractivity contribution in [3.63, 3.8) is 0 Å². The number of carbonyl (C=O) groups excluding carboxylic acids is 1. The molecular weight excluding hydrogens is 432 g/mol.